The van der Waals surface area contributed by atoms with Crippen LogP contribution in [0.5, 0.6) is 0 Å². The average molecular weight is 1720 g/mol. The highest BCUT2D eigenvalue weighted by Gasteiger charge is 2.27. The molecule has 0 aliphatic heterocycles. The van der Waals surface area contributed by atoms with E-state index in [4.69, 9.17) is 34.3 Å². The van der Waals surface area contributed by atoms with Crippen LogP contribution >= 0.6 is 0 Å². The van der Waals surface area contributed by atoms with Crippen LogP contribution in [0.1, 0.15) is 0 Å². The van der Waals surface area contributed by atoms with Gasteiger partial charge in [-0.15, -0.1) is 0 Å². The fourth-order valence-corrected chi connectivity index (χ4v) is 20.9. The summed E-state index contributed by atoms with van der Waals surface area (Å²) in [4.78, 5) is 31.9. The Hall–Kier alpha value is -18.3. The van der Waals surface area contributed by atoms with Crippen LogP contribution in [-0.4, -0.2) is 48.2 Å². The van der Waals surface area contributed by atoms with Gasteiger partial charge < -0.3 is 13.6 Å². The van der Waals surface area contributed by atoms with Gasteiger partial charge in [0.25, 0.3) is 0 Å². The molecule has 135 heavy (non-hydrogen) atoms. The molecule has 28 aromatic rings. The van der Waals surface area contributed by atoms with Gasteiger partial charge in [0, 0.05) is 81.8 Å². The van der Waals surface area contributed by atoms with Crippen LogP contribution in [0.4, 0.5) is 0 Å². The first-order valence-corrected chi connectivity index (χ1v) is 45.7. The van der Waals surface area contributed by atoms with E-state index in [-0.39, 0.29) is 0 Å². The number of benzene rings is 21. The number of furan rings is 1. The Morgan fingerprint density at radius 1 is 0.163 bits per heavy atom. The lowest BCUT2D eigenvalue weighted by Gasteiger charge is -2.14. The average Bonchev–Trinajstić information content (AvgIpc) is 1.58. The second-order valence-corrected chi connectivity index (χ2v) is 34.8. The molecule has 0 spiro atoms. The maximum atomic E-state index is 6.56. The number of para-hydroxylation sites is 6. The van der Waals surface area contributed by atoms with Crippen LogP contribution in [0.3, 0.4) is 0 Å². The van der Waals surface area contributed by atoms with E-state index in [0.717, 1.165) is 181 Å². The van der Waals surface area contributed by atoms with Crippen molar-refractivity contribution in [1.82, 2.24) is 48.2 Å². The number of fused-ring (bicyclic) bond motifs is 19. The first-order chi connectivity index (χ1) is 66.9. The number of aromatic nitrogens is 10. The van der Waals surface area contributed by atoms with Crippen LogP contribution in [0.15, 0.2) is 465 Å². The SMILES string of the molecule is c1ccc(-c2cc(-c3ccccc3)cc(-n3c4ccccc4c4cc(-c5ccc6c(c5)c5ccccc5n6-c5nc(-c6cccc7ccccc67)nc(-c6cccc7ccccc67)n5)ccc43)c2)cc1.c1ccc2c(-c3nc(-c4cccc5ccccc45)nc(-n4c5ccccc5c5cc(-c6ccc7c(c6)c6ccccc6n7-c6cccc7c6oc6ccccc67)ccc54)n3)cccc2c1. The monoisotopic (exact) mass is 1720 g/mol. The van der Waals surface area contributed by atoms with Crippen molar-refractivity contribution in [3.05, 3.63) is 461 Å². The molecule has 0 saturated carbocycles. The van der Waals surface area contributed by atoms with Gasteiger partial charge in [-0.25, -0.2) is 9.97 Å². The molecule has 7 heterocycles. The molecule has 11 nitrogen and oxygen atoms in total. The predicted octanol–water partition coefficient (Wildman–Crippen LogP) is 32.0. The maximum Gasteiger partial charge on any atom is 0.238 e. The molecule has 0 radical (unpaired) electrons. The van der Waals surface area contributed by atoms with E-state index < -0.39 is 0 Å². The first kappa shape index (κ1) is 76.7. The van der Waals surface area contributed by atoms with E-state index in [1.807, 2.05) is 12.1 Å². The number of rotatable bonds is 12. The van der Waals surface area contributed by atoms with Crippen molar-refractivity contribution in [3.8, 4) is 113 Å². The minimum atomic E-state index is 0.568. The second kappa shape index (κ2) is 31.2. The smallest absolute Gasteiger partial charge is 0.238 e. The van der Waals surface area contributed by atoms with Crippen LogP contribution in [0, 0.1) is 0 Å². The van der Waals surface area contributed by atoms with Crippen molar-refractivity contribution >= 4 is 152 Å². The lowest BCUT2D eigenvalue weighted by atomic mass is 9.98. The summed E-state index contributed by atoms with van der Waals surface area (Å²) in [5.41, 5.74) is 25.7. The van der Waals surface area contributed by atoms with Gasteiger partial charge in [0.15, 0.2) is 28.9 Å². The lowest BCUT2D eigenvalue weighted by molar-refractivity contribution is 0.666. The molecule has 0 atom stereocenters. The molecule has 11 heteroatoms. The molecule has 628 valence electrons. The molecule has 28 rings (SSSR count). The van der Waals surface area contributed by atoms with Crippen LogP contribution in [-0.2, 0) is 0 Å². The van der Waals surface area contributed by atoms with Crippen molar-refractivity contribution in [2.24, 2.45) is 0 Å². The third-order valence-electron chi connectivity index (χ3n) is 27.1. The third-order valence-corrected chi connectivity index (χ3v) is 27.1. The van der Waals surface area contributed by atoms with Gasteiger partial charge in [0.2, 0.25) is 11.9 Å². The summed E-state index contributed by atoms with van der Waals surface area (Å²) in [6.45, 7) is 0. The van der Waals surface area contributed by atoms with E-state index >= 15 is 0 Å². The zero-order valence-corrected chi connectivity index (χ0v) is 72.8. The van der Waals surface area contributed by atoms with E-state index in [1.165, 1.54) is 49.3 Å². The fourth-order valence-electron chi connectivity index (χ4n) is 20.9. The van der Waals surface area contributed by atoms with E-state index in [1.54, 1.807) is 0 Å². The topological polar surface area (TPSA) is 110 Å². The van der Waals surface area contributed by atoms with Gasteiger partial charge in [-0.05, 0) is 191 Å². The molecule has 0 fully saturated rings. The van der Waals surface area contributed by atoms with E-state index in [2.05, 4.69) is 467 Å². The highest BCUT2D eigenvalue weighted by molar-refractivity contribution is 6.17. The second-order valence-electron chi connectivity index (χ2n) is 34.8. The largest absolute Gasteiger partial charge is 0.454 e. The highest BCUT2D eigenvalue weighted by Crippen LogP contribution is 2.46. The summed E-state index contributed by atoms with van der Waals surface area (Å²) in [5.74, 6) is 3.65. The Balaban J connectivity index is 0.000000137. The molecule has 0 aliphatic rings. The zero-order valence-electron chi connectivity index (χ0n) is 72.8. The number of hydrogen-bond donors (Lipinski definition) is 0. The van der Waals surface area contributed by atoms with Gasteiger partial charge in [-0.2, -0.15) is 19.9 Å². The molecular weight excluding hydrogens is 1650 g/mol. The number of hydrogen-bond acceptors (Lipinski definition) is 7. The molecule has 0 unspecified atom stereocenters. The van der Waals surface area contributed by atoms with Gasteiger partial charge in [-0.1, -0.05) is 358 Å². The summed E-state index contributed by atoms with van der Waals surface area (Å²) in [7, 11) is 0. The summed E-state index contributed by atoms with van der Waals surface area (Å²) in [6, 6.07) is 164. The Kier molecular flexibility index (Phi) is 17.7. The van der Waals surface area contributed by atoms with Crippen LogP contribution in [0.2, 0.25) is 0 Å². The van der Waals surface area contributed by atoms with Crippen molar-refractivity contribution in [3.63, 3.8) is 0 Å². The molecule has 0 N–H and O–H groups in total. The third kappa shape index (κ3) is 12.7. The van der Waals surface area contributed by atoms with Gasteiger partial charge in [0.05, 0.1) is 49.8 Å². The van der Waals surface area contributed by atoms with Gasteiger partial charge in [-0.3, -0.25) is 9.13 Å². The standard InChI is InChI=1S/C65H41N5.C59H35N5O/c1-3-17-42(18-4-1)48-37-49(43-19-5-2-6-20-43)39-50(38-48)69-59-31-13-11-27-53(59)57-40-46(33-35-61(57)69)47-34-36-62-58(41-47)54-28-12-14-32-60(54)70(62)65-67-63(55-29-15-23-44-21-7-9-25-51(44)55)66-64(68-65)56-30-16-24-45-22-8-10-26-52(45)56;1-3-18-40-36(14-1)16-11-24-46(40)57-60-58(47-25-12-17-37-15-2-4-19-41(37)47)62-59(61-57)64-51-27-9-6-21-43(51)49-35-39(31-33-53(49)64)38-30-32-52-48(34-38)42-20-5-8-26-50(42)63(52)54-28-13-23-45-44-22-7-10-29-55(44)65-56(45)54/h1-41H;1-35H. The zero-order chi connectivity index (χ0) is 88.7. The predicted molar refractivity (Wildman–Crippen MR) is 558 cm³/mol. The Morgan fingerprint density at radius 3 is 0.830 bits per heavy atom. The fraction of sp³-hybridized carbons (Fsp3) is 0. The summed E-state index contributed by atoms with van der Waals surface area (Å²) >= 11 is 0. The normalized spacial score (nSPS) is 11.9. The molecular formula is C124H76N10O. The Morgan fingerprint density at radius 2 is 0.444 bits per heavy atom. The van der Waals surface area contributed by atoms with Gasteiger partial charge >= 0.3 is 0 Å². The molecule has 7 aromatic heterocycles. The summed E-state index contributed by atoms with van der Waals surface area (Å²) in [6.07, 6.45) is 0. The Bertz CT molecular complexity index is 9470. The minimum absolute atomic E-state index is 0.568. The number of nitrogens with zero attached hydrogens (tertiary/aromatic N) is 10. The van der Waals surface area contributed by atoms with Crippen molar-refractivity contribution in [1.29, 1.82) is 0 Å². The van der Waals surface area contributed by atoms with Crippen molar-refractivity contribution in [2.75, 3.05) is 0 Å². The van der Waals surface area contributed by atoms with E-state index in [9.17, 15) is 0 Å². The maximum absolute atomic E-state index is 6.56. The van der Waals surface area contributed by atoms with Crippen LogP contribution in [0.25, 0.3) is 266 Å². The molecule has 0 aliphatic carbocycles. The molecule has 0 saturated heterocycles. The minimum Gasteiger partial charge on any atom is -0.454 e. The molecule has 0 amide bonds. The lowest BCUT2D eigenvalue weighted by Crippen LogP contribution is -2.06. The van der Waals surface area contributed by atoms with Crippen molar-refractivity contribution in [2.45, 2.75) is 0 Å². The first-order valence-electron chi connectivity index (χ1n) is 45.7. The summed E-state index contributed by atoms with van der Waals surface area (Å²) < 4.78 is 15.8. The van der Waals surface area contributed by atoms with Crippen LogP contribution < -0.4 is 0 Å². The molecule has 21 aromatic carbocycles. The van der Waals surface area contributed by atoms with E-state index in [0.29, 0.717) is 35.2 Å². The quantitative estimate of drug-likeness (QED) is 0.120. The van der Waals surface area contributed by atoms with Crippen molar-refractivity contribution < 1.29 is 4.42 Å². The van der Waals surface area contributed by atoms with Gasteiger partial charge in [0.1, 0.15) is 5.58 Å². The Labute approximate surface area is 774 Å². The molecule has 0 bridgehead atoms. The summed E-state index contributed by atoms with van der Waals surface area (Å²) in [5, 5.41) is 20.4. The highest BCUT2D eigenvalue weighted by atomic mass is 16.3.